The van der Waals surface area contributed by atoms with Crippen molar-refractivity contribution in [3.63, 3.8) is 0 Å². The summed E-state index contributed by atoms with van der Waals surface area (Å²) in [5.41, 5.74) is 1.08. The number of benzene rings is 1. The lowest BCUT2D eigenvalue weighted by Gasteiger charge is -2.31. The fourth-order valence-electron chi connectivity index (χ4n) is 2.32. The van der Waals surface area contributed by atoms with Gasteiger partial charge in [0, 0.05) is 12.1 Å². The summed E-state index contributed by atoms with van der Waals surface area (Å²) in [5, 5.41) is 10.9. The van der Waals surface area contributed by atoms with Gasteiger partial charge in [0.15, 0.2) is 6.04 Å². The largest absolute Gasteiger partial charge is 0.355 e. The third-order valence-electron chi connectivity index (χ3n) is 3.27. The molecule has 0 aliphatic carbocycles. The second-order valence-electron chi connectivity index (χ2n) is 4.44. The van der Waals surface area contributed by atoms with Crippen LogP contribution in [0.3, 0.4) is 0 Å². The summed E-state index contributed by atoms with van der Waals surface area (Å²) >= 11 is 0. The van der Waals surface area contributed by atoms with Crippen LogP contribution in [-0.4, -0.2) is 45.0 Å². The molecule has 8 heteroatoms. The van der Waals surface area contributed by atoms with Gasteiger partial charge in [0.05, 0.1) is 0 Å². The standard InChI is InChI=1S/C12H9N3O5/c16-9-8(11(18)15(20)12(19)13-9)14-5-6-3-1-2-4-7(6)10(14)17/h1-4,8,20H,5H2,(H,13,16,19). The Kier molecular flexibility index (Phi) is 2.54. The summed E-state index contributed by atoms with van der Waals surface area (Å²) in [6, 6.07) is 3.94. The summed E-state index contributed by atoms with van der Waals surface area (Å²) in [6.07, 6.45) is 0. The molecule has 102 valence electrons. The van der Waals surface area contributed by atoms with Crippen LogP contribution in [0, 0.1) is 0 Å². The van der Waals surface area contributed by atoms with Gasteiger partial charge in [-0.2, -0.15) is 0 Å². The molecule has 2 aliphatic heterocycles. The second-order valence-corrected chi connectivity index (χ2v) is 4.44. The highest BCUT2D eigenvalue weighted by Crippen LogP contribution is 2.25. The van der Waals surface area contributed by atoms with E-state index in [1.54, 1.807) is 24.3 Å². The quantitative estimate of drug-likeness (QED) is 0.529. The van der Waals surface area contributed by atoms with Crippen molar-refractivity contribution in [3.8, 4) is 0 Å². The molecule has 20 heavy (non-hydrogen) atoms. The highest BCUT2D eigenvalue weighted by atomic mass is 16.5. The van der Waals surface area contributed by atoms with Crippen molar-refractivity contribution in [3.05, 3.63) is 35.4 Å². The van der Waals surface area contributed by atoms with Crippen LogP contribution < -0.4 is 5.32 Å². The van der Waals surface area contributed by atoms with E-state index in [9.17, 15) is 24.4 Å². The van der Waals surface area contributed by atoms with Crippen molar-refractivity contribution >= 4 is 23.8 Å². The molecule has 1 aromatic rings. The number of urea groups is 1. The van der Waals surface area contributed by atoms with Gasteiger partial charge in [0.2, 0.25) is 0 Å². The van der Waals surface area contributed by atoms with E-state index in [2.05, 4.69) is 0 Å². The topological polar surface area (TPSA) is 107 Å². The molecule has 1 saturated heterocycles. The lowest BCUT2D eigenvalue weighted by molar-refractivity contribution is -0.165. The van der Waals surface area contributed by atoms with Crippen LogP contribution in [0.2, 0.25) is 0 Å². The van der Waals surface area contributed by atoms with Gasteiger partial charge < -0.3 is 4.90 Å². The van der Waals surface area contributed by atoms with E-state index >= 15 is 0 Å². The Balaban J connectivity index is 1.95. The van der Waals surface area contributed by atoms with Gasteiger partial charge in [0.25, 0.3) is 17.7 Å². The number of nitrogens with zero attached hydrogens (tertiary/aromatic N) is 2. The summed E-state index contributed by atoms with van der Waals surface area (Å²) < 4.78 is 0. The van der Waals surface area contributed by atoms with Gasteiger partial charge in [-0.1, -0.05) is 18.2 Å². The van der Waals surface area contributed by atoms with E-state index in [0.29, 0.717) is 11.1 Å². The molecule has 1 unspecified atom stereocenters. The third-order valence-corrected chi connectivity index (χ3v) is 3.27. The molecule has 2 N–H and O–H groups in total. The van der Waals surface area contributed by atoms with Gasteiger partial charge in [-0.15, -0.1) is 5.06 Å². The van der Waals surface area contributed by atoms with E-state index in [4.69, 9.17) is 0 Å². The highest BCUT2D eigenvalue weighted by Gasteiger charge is 2.47. The van der Waals surface area contributed by atoms with Gasteiger partial charge in [-0.3, -0.25) is 24.9 Å². The Bertz CT molecular complexity index is 656. The Hall–Kier alpha value is -2.74. The fourth-order valence-corrected chi connectivity index (χ4v) is 2.32. The smallest absolute Gasteiger partial charge is 0.314 e. The fraction of sp³-hybridized carbons (Fsp3) is 0.167. The van der Waals surface area contributed by atoms with Crippen LogP contribution in [-0.2, 0) is 16.1 Å². The van der Waals surface area contributed by atoms with E-state index < -0.39 is 29.8 Å². The summed E-state index contributed by atoms with van der Waals surface area (Å²) in [7, 11) is 0. The molecule has 0 bridgehead atoms. The molecule has 8 nitrogen and oxygen atoms in total. The predicted molar refractivity (Wildman–Crippen MR) is 62.3 cm³/mol. The SMILES string of the molecule is O=C1NC(=O)N(O)C(=O)C1N1Cc2ccccc2C1=O. The number of hydrogen-bond donors (Lipinski definition) is 2. The van der Waals surface area contributed by atoms with Gasteiger partial charge in [-0.05, 0) is 11.6 Å². The monoisotopic (exact) mass is 275 g/mol. The first-order chi connectivity index (χ1) is 9.50. The molecule has 0 spiro atoms. The van der Waals surface area contributed by atoms with Crippen molar-refractivity contribution in [1.29, 1.82) is 0 Å². The molecule has 1 fully saturated rings. The molecule has 3 rings (SSSR count). The minimum absolute atomic E-state index is 0.0703. The maximum Gasteiger partial charge on any atom is 0.355 e. The normalized spacial score (nSPS) is 22.1. The van der Waals surface area contributed by atoms with Crippen LogP contribution >= 0.6 is 0 Å². The Morgan fingerprint density at radius 2 is 1.85 bits per heavy atom. The Labute approximate surface area is 112 Å². The van der Waals surface area contributed by atoms with E-state index in [1.807, 2.05) is 5.32 Å². The minimum atomic E-state index is -1.54. The summed E-state index contributed by atoms with van der Waals surface area (Å²) in [4.78, 5) is 47.9. The predicted octanol–water partition coefficient (Wildman–Crippen LogP) is -0.521. The zero-order chi connectivity index (χ0) is 14.4. The van der Waals surface area contributed by atoms with Crippen molar-refractivity contribution < 1.29 is 24.4 Å². The first-order valence-corrected chi connectivity index (χ1v) is 5.77. The van der Waals surface area contributed by atoms with Crippen LogP contribution in [0.5, 0.6) is 0 Å². The first kappa shape index (κ1) is 12.3. The number of nitrogens with one attached hydrogen (secondary N) is 1. The van der Waals surface area contributed by atoms with Crippen molar-refractivity contribution in [2.75, 3.05) is 0 Å². The first-order valence-electron chi connectivity index (χ1n) is 5.77. The van der Waals surface area contributed by atoms with Crippen LogP contribution in [0.15, 0.2) is 24.3 Å². The molecule has 1 aromatic carbocycles. The van der Waals surface area contributed by atoms with Gasteiger partial charge >= 0.3 is 6.03 Å². The van der Waals surface area contributed by atoms with E-state index in [1.165, 1.54) is 0 Å². The Morgan fingerprint density at radius 1 is 1.15 bits per heavy atom. The number of imide groups is 2. The number of barbiturate groups is 1. The van der Waals surface area contributed by atoms with Crippen molar-refractivity contribution in [1.82, 2.24) is 15.3 Å². The minimum Gasteiger partial charge on any atom is -0.314 e. The molecular formula is C12H9N3O5. The third kappa shape index (κ3) is 1.58. The number of carbonyl (C=O) groups is 4. The molecule has 0 aromatic heterocycles. The molecule has 0 saturated carbocycles. The summed E-state index contributed by atoms with van der Waals surface area (Å²) in [6.45, 7) is 0.0703. The zero-order valence-electron chi connectivity index (χ0n) is 10.1. The molecule has 1 atom stereocenters. The number of fused-ring (bicyclic) bond motifs is 1. The molecule has 2 aliphatic rings. The molecule has 0 radical (unpaired) electrons. The number of amides is 5. The van der Waals surface area contributed by atoms with Crippen molar-refractivity contribution in [2.24, 2.45) is 0 Å². The van der Waals surface area contributed by atoms with E-state index in [-0.39, 0.29) is 11.6 Å². The maximum atomic E-state index is 12.2. The number of hydrogen-bond acceptors (Lipinski definition) is 5. The van der Waals surface area contributed by atoms with Crippen LogP contribution in [0.1, 0.15) is 15.9 Å². The average Bonchev–Trinajstić information content (AvgIpc) is 2.74. The molecular weight excluding hydrogens is 266 g/mol. The van der Waals surface area contributed by atoms with Gasteiger partial charge in [0.1, 0.15) is 0 Å². The van der Waals surface area contributed by atoms with Gasteiger partial charge in [-0.25, -0.2) is 4.79 Å². The number of rotatable bonds is 1. The highest BCUT2D eigenvalue weighted by molar-refractivity contribution is 6.20. The summed E-state index contributed by atoms with van der Waals surface area (Å²) in [5.74, 6) is -2.55. The second kappa shape index (κ2) is 4.14. The Morgan fingerprint density at radius 3 is 2.55 bits per heavy atom. The zero-order valence-corrected chi connectivity index (χ0v) is 10.1. The van der Waals surface area contributed by atoms with Crippen LogP contribution in [0.25, 0.3) is 0 Å². The van der Waals surface area contributed by atoms with E-state index in [0.717, 1.165) is 4.90 Å². The molecule has 5 amide bonds. The number of hydroxylamine groups is 2. The maximum absolute atomic E-state index is 12.2. The van der Waals surface area contributed by atoms with Crippen molar-refractivity contribution in [2.45, 2.75) is 12.6 Å². The lowest BCUT2D eigenvalue weighted by atomic mass is 10.1. The molecule has 2 heterocycles. The number of carbonyl (C=O) groups excluding carboxylic acids is 4. The average molecular weight is 275 g/mol. The lowest BCUT2D eigenvalue weighted by Crippen LogP contribution is -2.64. The van der Waals surface area contributed by atoms with Crippen LogP contribution in [0.4, 0.5) is 4.79 Å².